The molecule has 54 heavy (non-hydrogen) atoms. The number of amides is 1. The summed E-state index contributed by atoms with van der Waals surface area (Å²) in [7, 11) is 2.96. The van der Waals surface area contributed by atoms with Crippen LogP contribution in [0.4, 0.5) is 0 Å². The smallest absolute Gasteiger partial charge is 0.251 e. The van der Waals surface area contributed by atoms with Crippen LogP contribution in [0.15, 0.2) is 52.3 Å². The van der Waals surface area contributed by atoms with Crippen molar-refractivity contribution in [2.45, 2.75) is 105 Å². The maximum absolute atomic E-state index is 14.7. The van der Waals surface area contributed by atoms with Crippen LogP contribution in [0.5, 0.6) is 11.5 Å². The molecule has 1 amide bonds. The summed E-state index contributed by atoms with van der Waals surface area (Å²) in [4.78, 5) is 47.5. The van der Waals surface area contributed by atoms with Crippen LogP contribution in [-0.2, 0) is 4.79 Å². The van der Waals surface area contributed by atoms with Gasteiger partial charge in [0.25, 0.3) is 5.91 Å². The molecular formula is C43H62N4O7. The minimum atomic E-state index is -0.779. The third kappa shape index (κ3) is 8.90. The van der Waals surface area contributed by atoms with Gasteiger partial charge in [0.2, 0.25) is 5.78 Å². The van der Waals surface area contributed by atoms with E-state index in [9.17, 15) is 29.7 Å². The normalized spacial score (nSPS) is 33.6. The number of ether oxygens (including phenoxy) is 1. The third-order valence-electron chi connectivity index (χ3n) is 11.9. The molecule has 2 unspecified atom stereocenters. The molecule has 1 aromatic rings. The second-order valence-electron chi connectivity index (χ2n) is 15.9. The number of aromatic hydroxyl groups is 1. The number of fused-ring (bicyclic) bond motifs is 15. The molecule has 2 aliphatic carbocycles. The zero-order chi connectivity index (χ0) is 40.0. The predicted molar refractivity (Wildman–Crippen MR) is 213 cm³/mol. The number of Topliss-reactive ketones (excluding diaryl/α,β-unsaturated/α-hetero) is 2. The number of carbonyl (C=O) groups excluding carboxylic acids is 3. The first-order chi connectivity index (χ1) is 25.6. The lowest BCUT2D eigenvalue weighted by Gasteiger charge is -2.39. The van der Waals surface area contributed by atoms with Gasteiger partial charge < -0.3 is 36.4 Å². The Morgan fingerprint density at radius 1 is 0.963 bits per heavy atom. The number of benzene rings is 1. The molecule has 1 aromatic carbocycles. The highest BCUT2D eigenvalue weighted by Gasteiger charge is 2.42. The van der Waals surface area contributed by atoms with Gasteiger partial charge in [-0.05, 0) is 75.7 Å². The lowest BCUT2D eigenvalue weighted by Crippen LogP contribution is -2.50. The minimum absolute atomic E-state index is 0.0594. The van der Waals surface area contributed by atoms with Crippen molar-refractivity contribution in [1.29, 1.82) is 0 Å². The zero-order valence-corrected chi connectivity index (χ0v) is 33.5. The molecule has 0 radical (unpaired) electrons. The fourth-order valence-electron chi connectivity index (χ4n) is 8.46. The van der Waals surface area contributed by atoms with E-state index >= 15 is 0 Å². The molecule has 1 fully saturated rings. The fourth-order valence-corrected chi connectivity index (χ4v) is 8.46. The average Bonchev–Trinajstić information content (AvgIpc) is 3.14. The van der Waals surface area contributed by atoms with Gasteiger partial charge in [-0.3, -0.25) is 19.4 Å². The Morgan fingerprint density at radius 3 is 2.30 bits per heavy atom. The quantitative estimate of drug-likeness (QED) is 0.211. The highest BCUT2D eigenvalue weighted by molar-refractivity contribution is 6.33. The first kappa shape index (κ1) is 42.7. The van der Waals surface area contributed by atoms with E-state index in [0.717, 1.165) is 19.3 Å². The highest BCUT2D eigenvalue weighted by Crippen LogP contribution is 2.43. The summed E-state index contributed by atoms with van der Waals surface area (Å²) in [5.41, 5.74) is 7.33. The number of rotatable bonds is 4. The highest BCUT2D eigenvalue weighted by atomic mass is 16.5. The van der Waals surface area contributed by atoms with E-state index in [1.807, 2.05) is 39.8 Å². The van der Waals surface area contributed by atoms with Gasteiger partial charge in [0.1, 0.15) is 17.2 Å². The number of hydrogen-bond donors (Lipinski definition) is 6. The van der Waals surface area contributed by atoms with Gasteiger partial charge in [-0.2, -0.15) is 0 Å². The molecule has 296 valence electrons. The zero-order valence-electron chi connectivity index (χ0n) is 33.5. The monoisotopic (exact) mass is 746 g/mol. The Morgan fingerprint density at radius 2 is 1.65 bits per heavy atom. The van der Waals surface area contributed by atoms with Crippen LogP contribution < -0.4 is 21.1 Å². The van der Waals surface area contributed by atoms with E-state index in [4.69, 9.17) is 10.5 Å². The van der Waals surface area contributed by atoms with E-state index in [1.54, 1.807) is 39.1 Å². The lowest BCUT2D eigenvalue weighted by atomic mass is 9.76. The number of phenolic OH excluding ortho intramolecular Hbond substituents is 1. The number of aliphatic hydroxyl groups excluding tert-OH is 2. The number of methoxy groups -OCH3 is 1. The second kappa shape index (κ2) is 18.5. The van der Waals surface area contributed by atoms with Crippen molar-refractivity contribution in [3.05, 3.63) is 69.6 Å². The Hall–Kier alpha value is -4.06. The van der Waals surface area contributed by atoms with Crippen LogP contribution in [0.2, 0.25) is 0 Å². The Balaban J connectivity index is 1.95. The van der Waals surface area contributed by atoms with Gasteiger partial charge in [0, 0.05) is 42.1 Å². The topological polar surface area (TPSA) is 184 Å². The van der Waals surface area contributed by atoms with Crippen LogP contribution in [0.25, 0.3) is 0 Å². The van der Waals surface area contributed by atoms with E-state index < -0.39 is 23.9 Å². The summed E-state index contributed by atoms with van der Waals surface area (Å²) in [6.45, 7) is 13.5. The van der Waals surface area contributed by atoms with Crippen molar-refractivity contribution in [1.82, 2.24) is 10.6 Å². The number of carbonyl (C=O) groups is 3. The standard InChI is InChI=1S/C43H62N4O7/c1-22-14-12-17-25(4)43(53)47-37-36(46-34-23(2)16-13-18-29(34)21-44)35(45-8)32-31(42(54-9)28(7)40(51)33(32)41(37)52)30(48)19-11-10-15-24(3)38(49)27(6)39(50)26(5)20-22/h10-12,14,17,22-24,26-27,29,34,38-39,46,49-51H,13,15-16,18-21,44H2,1-9H3,(H,47,53)/b11-10+,14-12+,25-17-,45-35?/t22-,23?,24+,26+,27-,29?,34-,38+,39+/m0/s1. The molecule has 11 nitrogen and oxygen atoms in total. The molecule has 0 spiro atoms. The number of nitrogens with one attached hydrogen (secondary N) is 2. The van der Waals surface area contributed by atoms with Crippen molar-refractivity contribution in [3.8, 4) is 11.5 Å². The molecule has 7 N–H and O–H groups in total. The number of aliphatic imine (C=N–C) groups is 1. The summed E-state index contributed by atoms with van der Waals surface area (Å²) < 4.78 is 5.76. The van der Waals surface area contributed by atoms with E-state index in [2.05, 4.69) is 22.5 Å². The third-order valence-corrected chi connectivity index (χ3v) is 11.9. The molecule has 0 aromatic heterocycles. The molecular weight excluding hydrogens is 684 g/mol. The number of nitrogens with zero attached hydrogens (tertiary/aromatic N) is 1. The molecule has 9 atom stereocenters. The van der Waals surface area contributed by atoms with Gasteiger partial charge in [-0.25, -0.2) is 0 Å². The van der Waals surface area contributed by atoms with E-state index in [-0.39, 0.29) is 105 Å². The summed E-state index contributed by atoms with van der Waals surface area (Å²) >= 11 is 0. The van der Waals surface area contributed by atoms with Gasteiger partial charge in [-0.15, -0.1) is 0 Å². The summed E-state index contributed by atoms with van der Waals surface area (Å²) in [6, 6.07) is -0.163. The average molecular weight is 747 g/mol. The predicted octanol–water partition coefficient (Wildman–Crippen LogP) is 5.70. The van der Waals surface area contributed by atoms with Crippen LogP contribution in [0.3, 0.4) is 0 Å². The van der Waals surface area contributed by atoms with Gasteiger partial charge in [0.05, 0.1) is 41.9 Å². The van der Waals surface area contributed by atoms with Gasteiger partial charge in [-0.1, -0.05) is 71.4 Å². The number of nitrogens with two attached hydrogens (primary N) is 1. The van der Waals surface area contributed by atoms with Crippen molar-refractivity contribution in [2.75, 3.05) is 20.7 Å². The fraction of sp³-hybridized carbons (Fsp3) is 0.581. The minimum Gasteiger partial charge on any atom is -0.507 e. The van der Waals surface area contributed by atoms with Crippen molar-refractivity contribution in [3.63, 3.8) is 0 Å². The van der Waals surface area contributed by atoms with E-state index in [1.165, 1.54) is 7.11 Å². The van der Waals surface area contributed by atoms with Crippen LogP contribution in [-0.4, -0.2) is 77.5 Å². The largest absolute Gasteiger partial charge is 0.507 e. The number of phenols is 1. The van der Waals surface area contributed by atoms with Crippen LogP contribution >= 0.6 is 0 Å². The van der Waals surface area contributed by atoms with Gasteiger partial charge in [0.15, 0.2) is 5.78 Å². The Labute approximate surface area is 320 Å². The summed E-state index contributed by atoms with van der Waals surface area (Å²) in [5.74, 6) is -2.14. The number of allylic oxidation sites excluding steroid dienone is 7. The lowest BCUT2D eigenvalue weighted by molar-refractivity contribution is -0.116. The van der Waals surface area contributed by atoms with Crippen molar-refractivity contribution >= 4 is 23.2 Å². The SMILES string of the molecule is CN=C1C(N[C@H]2C(C)CCCC2CN)=C2NC(=O)/C(C)=C\C=C\[C@H](C)C[C@@H](C)[C@@H](O)[C@@H](C)[C@H](O)[C@H](C)C/C=C/CC(=O)c3c(OC)c(C)c(O)c(c31)C2=O. The maximum Gasteiger partial charge on any atom is 0.251 e. The molecule has 4 bridgehead atoms. The van der Waals surface area contributed by atoms with E-state index in [0.29, 0.717) is 25.0 Å². The first-order valence-electron chi connectivity index (χ1n) is 19.5. The molecule has 2 aliphatic heterocycles. The number of aliphatic hydroxyl groups is 2. The number of hydrogen-bond acceptors (Lipinski definition) is 10. The Bertz CT molecular complexity index is 1740. The summed E-state index contributed by atoms with van der Waals surface area (Å²) in [6.07, 6.45) is 11.4. The Kier molecular flexibility index (Phi) is 14.6. The van der Waals surface area contributed by atoms with Crippen molar-refractivity contribution < 1.29 is 34.4 Å². The van der Waals surface area contributed by atoms with Gasteiger partial charge >= 0.3 is 0 Å². The van der Waals surface area contributed by atoms with Crippen LogP contribution in [0.1, 0.15) is 112 Å². The van der Waals surface area contributed by atoms with Crippen molar-refractivity contribution in [2.24, 2.45) is 46.2 Å². The molecule has 4 aliphatic rings. The number of ketones is 2. The molecule has 11 heteroatoms. The maximum atomic E-state index is 14.7. The summed E-state index contributed by atoms with van der Waals surface area (Å²) in [5, 5.41) is 40.4. The molecule has 0 saturated heterocycles. The molecule has 5 rings (SSSR count). The first-order valence-corrected chi connectivity index (χ1v) is 19.5. The van der Waals surface area contributed by atoms with Crippen LogP contribution in [0, 0.1) is 42.4 Å². The second-order valence-corrected chi connectivity index (χ2v) is 15.9. The molecule has 1 saturated carbocycles. The molecule has 2 heterocycles.